The monoisotopic (exact) mass is 257 g/mol. The van der Waals surface area contributed by atoms with Gasteiger partial charge in [-0.05, 0) is 45.6 Å². The Morgan fingerprint density at radius 2 is 1.72 bits per heavy atom. The van der Waals surface area contributed by atoms with E-state index in [9.17, 15) is 0 Å². The van der Waals surface area contributed by atoms with Crippen LogP contribution in [0.3, 0.4) is 0 Å². The summed E-state index contributed by atoms with van der Waals surface area (Å²) in [5.41, 5.74) is 0.346. The molecule has 0 aromatic carbocycles. The van der Waals surface area contributed by atoms with Crippen molar-refractivity contribution < 1.29 is 0 Å². The maximum Gasteiger partial charge on any atom is 0.00447 e. The summed E-state index contributed by atoms with van der Waals surface area (Å²) in [6, 6.07) is 0.577. The first-order chi connectivity index (χ1) is 8.26. The van der Waals surface area contributed by atoms with Gasteiger partial charge in [0.15, 0.2) is 0 Å². The van der Waals surface area contributed by atoms with E-state index in [1.54, 1.807) is 0 Å². The highest BCUT2D eigenvalue weighted by atomic mass is 15.1. The highest BCUT2D eigenvalue weighted by Gasteiger charge is 2.21. The molecule has 0 unspecified atom stereocenters. The minimum Gasteiger partial charge on any atom is -0.314 e. The predicted molar refractivity (Wildman–Crippen MR) is 82.2 cm³/mol. The third kappa shape index (κ3) is 9.86. The molecule has 110 valence electrons. The zero-order valence-electron chi connectivity index (χ0n) is 13.7. The lowest BCUT2D eigenvalue weighted by Crippen LogP contribution is -2.42. The summed E-state index contributed by atoms with van der Waals surface area (Å²) in [6.45, 7) is 17.2. The maximum absolute atomic E-state index is 3.55. The van der Waals surface area contributed by atoms with Gasteiger partial charge in [0.2, 0.25) is 0 Å². The molecule has 0 aliphatic rings. The molecular weight excluding hydrogens is 222 g/mol. The van der Waals surface area contributed by atoms with E-state index >= 15 is 0 Å². The summed E-state index contributed by atoms with van der Waals surface area (Å²) < 4.78 is 0. The number of nitrogens with one attached hydrogen (secondary N) is 1. The maximum atomic E-state index is 3.55. The van der Waals surface area contributed by atoms with Crippen molar-refractivity contribution in [2.45, 2.75) is 47.1 Å². The van der Waals surface area contributed by atoms with Gasteiger partial charge < -0.3 is 15.1 Å². The van der Waals surface area contributed by atoms with Gasteiger partial charge in [-0.15, -0.1) is 0 Å². The predicted octanol–water partition coefficient (Wildman–Crippen LogP) is 2.28. The Morgan fingerprint density at radius 1 is 1.11 bits per heavy atom. The standard InChI is InChI=1S/C15H35N3/c1-8-18(11-9-10-17(6)7)13-15(4,5)12-16-14(2)3/h14,16H,8-13H2,1-7H3. The zero-order chi connectivity index (χ0) is 14.2. The van der Waals surface area contributed by atoms with Gasteiger partial charge in [-0.2, -0.15) is 0 Å². The largest absolute Gasteiger partial charge is 0.314 e. The molecule has 0 atom stereocenters. The van der Waals surface area contributed by atoms with Crippen molar-refractivity contribution >= 4 is 0 Å². The van der Waals surface area contributed by atoms with Crippen molar-refractivity contribution in [3.63, 3.8) is 0 Å². The van der Waals surface area contributed by atoms with E-state index in [4.69, 9.17) is 0 Å². The lowest BCUT2D eigenvalue weighted by molar-refractivity contribution is 0.172. The molecule has 0 rings (SSSR count). The molecule has 0 saturated heterocycles. The molecular formula is C15H35N3. The van der Waals surface area contributed by atoms with Crippen LogP contribution in [0.25, 0.3) is 0 Å². The molecule has 0 spiro atoms. The van der Waals surface area contributed by atoms with Crippen LogP contribution in [0, 0.1) is 5.41 Å². The zero-order valence-corrected chi connectivity index (χ0v) is 13.7. The molecule has 0 aromatic rings. The first-order valence-corrected chi connectivity index (χ1v) is 7.37. The van der Waals surface area contributed by atoms with Gasteiger partial charge in [0.1, 0.15) is 0 Å². The number of rotatable bonds is 10. The minimum absolute atomic E-state index is 0.346. The summed E-state index contributed by atoms with van der Waals surface area (Å²) in [6.07, 6.45) is 1.26. The summed E-state index contributed by atoms with van der Waals surface area (Å²) >= 11 is 0. The fourth-order valence-electron chi connectivity index (χ4n) is 2.10. The smallest absolute Gasteiger partial charge is 0.00447 e. The second-order valence-corrected chi connectivity index (χ2v) is 6.73. The lowest BCUT2D eigenvalue weighted by Gasteiger charge is -2.33. The quantitative estimate of drug-likeness (QED) is 0.648. The third-order valence-corrected chi connectivity index (χ3v) is 3.17. The van der Waals surface area contributed by atoms with Gasteiger partial charge in [-0.25, -0.2) is 0 Å². The van der Waals surface area contributed by atoms with E-state index in [1.165, 1.54) is 26.1 Å². The second kappa shape index (κ2) is 8.89. The third-order valence-electron chi connectivity index (χ3n) is 3.17. The summed E-state index contributed by atoms with van der Waals surface area (Å²) in [5, 5.41) is 3.55. The Kier molecular flexibility index (Phi) is 8.83. The van der Waals surface area contributed by atoms with Crippen LogP contribution in [-0.2, 0) is 0 Å². The van der Waals surface area contributed by atoms with Crippen LogP contribution in [-0.4, -0.2) is 62.7 Å². The average molecular weight is 257 g/mol. The molecule has 18 heavy (non-hydrogen) atoms. The van der Waals surface area contributed by atoms with Gasteiger partial charge in [0, 0.05) is 19.1 Å². The Morgan fingerprint density at radius 3 is 2.17 bits per heavy atom. The van der Waals surface area contributed by atoms with Gasteiger partial charge in [0.25, 0.3) is 0 Å². The Balaban J connectivity index is 4.00. The highest BCUT2D eigenvalue weighted by Crippen LogP contribution is 2.16. The molecule has 0 fully saturated rings. The van der Waals surface area contributed by atoms with E-state index < -0.39 is 0 Å². The number of hydrogen-bond acceptors (Lipinski definition) is 3. The minimum atomic E-state index is 0.346. The number of nitrogens with zero attached hydrogens (tertiary/aromatic N) is 2. The van der Waals surface area contributed by atoms with Crippen molar-refractivity contribution in [1.82, 2.24) is 15.1 Å². The molecule has 0 aliphatic heterocycles. The van der Waals surface area contributed by atoms with E-state index in [-0.39, 0.29) is 0 Å². The molecule has 0 saturated carbocycles. The number of hydrogen-bond donors (Lipinski definition) is 1. The van der Waals surface area contributed by atoms with Crippen molar-refractivity contribution in [2.24, 2.45) is 5.41 Å². The Labute approximate surface area is 115 Å². The van der Waals surface area contributed by atoms with E-state index in [0.717, 1.165) is 13.1 Å². The van der Waals surface area contributed by atoms with Gasteiger partial charge in [0.05, 0.1) is 0 Å². The molecule has 0 aliphatic carbocycles. The average Bonchev–Trinajstić information content (AvgIpc) is 2.24. The van der Waals surface area contributed by atoms with E-state index in [0.29, 0.717) is 11.5 Å². The first kappa shape index (κ1) is 17.9. The summed E-state index contributed by atoms with van der Waals surface area (Å²) in [4.78, 5) is 4.84. The van der Waals surface area contributed by atoms with Crippen LogP contribution in [0.2, 0.25) is 0 Å². The first-order valence-electron chi connectivity index (χ1n) is 7.37. The van der Waals surface area contributed by atoms with Gasteiger partial charge in [-0.3, -0.25) is 0 Å². The normalized spacial score (nSPS) is 13.0. The van der Waals surface area contributed by atoms with Crippen LogP contribution in [0.4, 0.5) is 0 Å². The topological polar surface area (TPSA) is 18.5 Å². The molecule has 0 heterocycles. The molecule has 1 N–H and O–H groups in total. The molecule has 0 aromatic heterocycles. The second-order valence-electron chi connectivity index (χ2n) is 6.73. The molecule has 0 bridgehead atoms. The van der Waals surface area contributed by atoms with Crippen LogP contribution in [0.5, 0.6) is 0 Å². The van der Waals surface area contributed by atoms with Crippen LogP contribution in [0.15, 0.2) is 0 Å². The highest BCUT2D eigenvalue weighted by molar-refractivity contribution is 4.77. The van der Waals surface area contributed by atoms with Crippen molar-refractivity contribution in [3.05, 3.63) is 0 Å². The van der Waals surface area contributed by atoms with E-state index in [2.05, 4.69) is 63.8 Å². The SMILES string of the molecule is CCN(CCCN(C)C)CC(C)(C)CNC(C)C. The van der Waals surface area contributed by atoms with Crippen molar-refractivity contribution in [3.8, 4) is 0 Å². The summed E-state index contributed by atoms with van der Waals surface area (Å²) in [5.74, 6) is 0. The fraction of sp³-hybridized carbons (Fsp3) is 1.00. The molecule has 0 radical (unpaired) electrons. The fourth-order valence-corrected chi connectivity index (χ4v) is 2.10. The molecule has 3 nitrogen and oxygen atoms in total. The van der Waals surface area contributed by atoms with Gasteiger partial charge in [-0.1, -0.05) is 34.6 Å². The van der Waals surface area contributed by atoms with Crippen LogP contribution < -0.4 is 5.32 Å². The van der Waals surface area contributed by atoms with E-state index in [1.807, 2.05) is 0 Å². The Bertz CT molecular complexity index is 200. The molecule has 3 heteroatoms. The van der Waals surface area contributed by atoms with Crippen molar-refractivity contribution in [1.29, 1.82) is 0 Å². The van der Waals surface area contributed by atoms with Crippen molar-refractivity contribution in [2.75, 3.05) is 46.8 Å². The summed E-state index contributed by atoms with van der Waals surface area (Å²) in [7, 11) is 4.29. The molecule has 0 amide bonds. The van der Waals surface area contributed by atoms with Gasteiger partial charge >= 0.3 is 0 Å². The lowest BCUT2D eigenvalue weighted by atomic mass is 9.92. The Hall–Kier alpha value is -0.120. The van der Waals surface area contributed by atoms with Crippen LogP contribution >= 0.6 is 0 Å². The van der Waals surface area contributed by atoms with Crippen LogP contribution in [0.1, 0.15) is 41.0 Å².